The number of hydrogen-bond donors (Lipinski definition) is 6. The molecular formula is C36H34N12O8. The first kappa shape index (κ1) is 37.3. The highest BCUT2D eigenvalue weighted by Crippen LogP contribution is 2.42. The average molecular weight is 763 g/mol. The van der Waals surface area contributed by atoms with Crippen LogP contribution in [0, 0.1) is 0 Å². The largest absolute Gasteiger partial charge is 0.478 e. The molecule has 0 saturated heterocycles. The fourth-order valence-electron chi connectivity index (χ4n) is 6.52. The van der Waals surface area contributed by atoms with Gasteiger partial charge in [-0.2, -0.15) is 0 Å². The second-order valence-corrected chi connectivity index (χ2v) is 12.7. The van der Waals surface area contributed by atoms with E-state index >= 15 is 0 Å². The predicted octanol–water partition coefficient (Wildman–Crippen LogP) is 0.945. The minimum Gasteiger partial charge on any atom is -0.478 e. The van der Waals surface area contributed by atoms with E-state index in [9.17, 15) is 40.2 Å². The van der Waals surface area contributed by atoms with Crippen LogP contribution in [0.15, 0.2) is 73.3 Å². The zero-order valence-corrected chi connectivity index (χ0v) is 29.5. The number of hydrogen-bond acceptors (Lipinski definition) is 14. The van der Waals surface area contributed by atoms with Gasteiger partial charge in [-0.15, -0.1) is 20.4 Å². The monoisotopic (exact) mass is 762 g/mol. The van der Waals surface area contributed by atoms with E-state index in [-0.39, 0.29) is 63.7 Å². The lowest BCUT2D eigenvalue weighted by molar-refractivity contribution is 0.0686. The molecule has 0 atom stereocenters. The van der Waals surface area contributed by atoms with Crippen LogP contribution in [0.2, 0.25) is 0 Å². The maximum absolute atomic E-state index is 12.0. The summed E-state index contributed by atoms with van der Waals surface area (Å²) in [5.41, 5.74) is 6.43. The van der Waals surface area contributed by atoms with Crippen LogP contribution >= 0.6 is 0 Å². The normalized spacial score (nSPS) is 11.4. The van der Waals surface area contributed by atoms with Gasteiger partial charge in [-0.25, -0.2) is 28.3 Å². The Balaban J connectivity index is 1.63. The molecule has 0 amide bonds. The van der Waals surface area contributed by atoms with Gasteiger partial charge in [0.15, 0.2) is 0 Å². The molecule has 7 rings (SSSR count). The molecule has 0 spiro atoms. The van der Waals surface area contributed by atoms with Crippen molar-refractivity contribution in [1.29, 1.82) is 0 Å². The van der Waals surface area contributed by atoms with Crippen molar-refractivity contribution in [2.45, 2.75) is 52.6 Å². The molecule has 3 aromatic carbocycles. The zero-order chi connectivity index (χ0) is 39.3. The Morgan fingerprint density at radius 2 is 0.679 bits per heavy atom. The molecule has 20 nitrogen and oxygen atoms in total. The van der Waals surface area contributed by atoms with Crippen LogP contribution in [0.4, 0.5) is 0 Å². The van der Waals surface area contributed by atoms with E-state index in [1.54, 1.807) is 67.8 Å². The van der Waals surface area contributed by atoms with Gasteiger partial charge in [0, 0.05) is 0 Å². The lowest BCUT2D eigenvalue weighted by Crippen LogP contribution is -2.19. The molecule has 4 heterocycles. The number of carboxylic acid groups (broad SMARTS) is 2. The summed E-state index contributed by atoms with van der Waals surface area (Å²) in [6, 6.07) is 12.7. The van der Waals surface area contributed by atoms with Gasteiger partial charge in [0.2, 0.25) is 0 Å². The number of aliphatic hydroxyl groups is 4. The summed E-state index contributed by atoms with van der Waals surface area (Å²) in [6.45, 7) is -1.21. The van der Waals surface area contributed by atoms with Crippen LogP contribution in [0.5, 0.6) is 0 Å². The smallest absolute Gasteiger partial charge is 0.335 e. The lowest BCUT2D eigenvalue weighted by atomic mass is 9.80. The van der Waals surface area contributed by atoms with E-state index in [1.165, 1.54) is 24.3 Å². The lowest BCUT2D eigenvalue weighted by Gasteiger charge is -2.28. The van der Waals surface area contributed by atoms with E-state index in [2.05, 4.69) is 41.2 Å². The molecule has 0 radical (unpaired) electrons. The number of rotatable bonds is 16. The van der Waals surface area contributed by atoms with Crippen molar-refractivity contribution < 1.29 is 40.2 Å². The van der Waals surface area contributed by atoms with Crippen LogP contribution in [0.1, 0.15) is 65.7 Å². The number of aromatic carboxylic acids is 2. The second-order valence-electron chi connectivity index (χ2n) is 12.7. The van der Waals surface area contributed by atoms with E-state index in [0.29, 0.717) is 67.3 Å². The van der Waals surface area contributed by atoms with Crippen molar-refractivity contribution in [2.24, 2.45) is 0 Å². The van der Waals surface area contributed by atoms with E-state index in [1.807, 2.05) is 0 Å². The Hall–Kier alpha value is -7.00. The highest BCUT2D eigenvalue weighted by Gasteiger charge is 2.28. The molecule has 4 aromatic heterocycles. The summed E-state index contributed by atoms with van der Waals surface area (Å²) in [7, 11) is 0. The third-order valence-electron chi connectivity index (χ3n) is 9.05. The van der Waals surface area contributed by atoms with Gasteiger partial charge in [-0.05, 0) is 68.8 Å². The Morgan fingerprint density at radius 1 is 0.429 bits per heavy atom. The Morgan fingerprint density at radius 3 is 0.875 bits per heavy atom. The number of carboxylic acids is 2. The molecule has 0 aliphatic carbocycles. The van der Waals surface area contributed by atoms with Gasteiger partial charge >= 0.3 is 11.9 Å². The summed E-state index contributed by atoms with van der Waals surface area (Å²) in [6.07, 6.45) is 6.36. The molecule has 7 aromatic rings. The topological polar surface area (TPSA) is 278 Å². The minimum atomic E-state index is -1.12. The van der Waals surface area contributed by atoms with Crippen LogP contribution < -0.4 is 0 Å². The molecule has 0 unspecified atom stereocenters. The van der Waals surface area contributed by atoms with Crippen LogP contribution in [-0.4, -0.2) is 103 Å². The van der Waals surface area contributed by atoms with Crippen molar-refractivity contribution in [3.05, 3.63) is 129 Å². The first-order chi connectivity index (χ1) is 27.2. The van der Waals surface area contributed by atoms with Gasteiger partial charge < -0.3 is 30.6 Å². The minimum absolute atomic E-state index is 0.0541. The van der Waals surface area contributed by atoms with Gasteiger partial charge in [-0.3, -0.25) is 0 Å². The highest BCUT2D eigenvalue weighted by atomic mass is 16.4. The molecule has 0 saturated carbocycles. The highest BCUT2D eigenvalue weighted by molar-refractivity contribution is 5.91. The summed E-state index contributed by atoms with van der Waals surface area (Å²) in [5, 5.41) is 92.5. The molecule has 0 fully saturated rings. The third kappa shape index (κ3) is 7.79. The first-order valence-corrected chi connectivity index (χ1v) is 17.0. The van der Waals surface area contributed by atoms with E-state index in [4.69, 9.17) is 0 Å². The maximum Gasteiger partial charge on any atom is 0.335 e. The molecule has 0 aliphatic rings. The molecule has 56 heavy (non-hydrogen) atoms. The van der Waals surface area contributed by atoms with E-state index in [0.717, 1.165) is 0 Å². The molecule has 6 N–H and O–H groups in total. The van der Waals surface area contributed by atoms with Crippen molar-refractivity contribution in [1.82, 2.24) is 60.0 Å². The molecular weight excluding hydrogens is 728 g/mol. The first-order valence-electron chi connectivity index (χ1n) is 17.0. The average Bonchev–Trinajstić information content (AvgIpc) is 4.05. The van der Waals surface area contributed by atoms with Crippen LogP contribution in [0.25, 0.3) is 22.3 Å². The Bertz CT molecular complexity index is 2220. The third-order valence-corrected chi connectivity index (χ3v) is 9.05. The molecule has 0 bridgehead atoms. The fraction of sp³-hybridized carbons (Fsp3) is 0.222. The number of nitrogens with zero attached hydrogens (tertiary/aromatic N) is 12. The Labute approximate surface area is 316 Å². The van der Waals surface area contributed by atoms with Crippen molar-refractivity contribution in [3.8, 4) is 22.3 Å². The van der Waals surface area contributed by atoms with Crippen molar-refractivity contribution in [2.75, 3.05) is 0 Å². The van der Waals surface area contributed by atoms with Gasteiger partial charge in [-0.1, -0.05) is 45.1 Å². The van der Waals surface area contributed by atoms with Crippen LogP contribution in [0.3, 0.4) is 0 Å². The maximum atomic E-state index is 12.0. The predicted molar refractivity (Wildman–Crippen MR) is 191 cm³/mol. The number of aliphatic hydroxyl groups excluding tert-OH is 4. The summed E-state index contributed by atoms with van der Waals surface area (Å²) in [5.74, 6) is -2.23. The second kappa shape index (κ2) is 16.2. The molecule has 20 heteroatoms. The fourth-order valence-corrected chi connectivity index (χ4v) is 6.52. The summed E-state index contributed by atoms with van der Waals surface area (Å²) in [4.78, 5) is 24.0. The van der Waals surface area contributed by atoms with Crippen molar-refractivity contribution >= 4 is 11.9 Å². The zero-order valence-electron chi connectivity index (χ0n) is 29.5. The van der Waals surface area contributed by atoms with Crippen LogP contribution in [-0.2, 0) is 52.6 Å². The SMILES string of the molecule is O=C(O)c1ccc(-c2c(Cn3cc(CO)nn3)c(Cn3cc(CO)nn3)c(-c3ccc(C(=O)O)cc3)c(Cn3cc(CO)nn3)c2Cn2cc(CO)nn2)cc1. The van der Waals surface area contributed by atoms with Crippen molar-refractivity contribution in [3.63, 3.8) is 0 Å². The summed E-state index contributed by atoms with van der Waals surface area (Å²) < 4.78 is 6.19. The number of carbonyl (C=O) groups is 2. The number of benzene rings is 3. The van der Waals surface area contributed by atoms with E-state index < -0.39 is 11.9 Å². The van der Waals surface area contributed by atoms with Gasteiger partial charge in [0.05, 0.1) is 88.5 Å². The van der Waals surface area contributed by atoms with Gasteiger partial charge in [0.1, 0.15) is 22.8 Å². The van der Waals surface area contributed by atoms with Gasteiger partial charge in [0.25, 0.3) is 0 Å². The summed E-state index contributed by atoms with van der Waals surface area (Å²) >= 11 is 0. The standard InChI is InChI=1S/C36H34N12O8/c49-17-25-9-45(41-37-25)13-29-31(15-47-11-27(19-51)39-43-47)34(22-3-7-24(8-4-22)36(55)56)32(16-48-12-28(20-52)40-44-48)30(14-46-10-26(18-50)38-42-46)33(29)21-1-5-23(6-2-21)35(53)54/h1-12,49-52H,13-20H2,(H,53,54)(H,55,56). The molecule has 0 aliphatic heterocycles. The number of aromatic nitrogens is 12. The molecule has 286 valence electrons. The quantitative estimate of drug-likeness (QED) is 0.0799. The Kier molecular flexibility index (Phi) is 10.8.